The van der Waals surface area contributed by atoms with Crippen molar-refractivity contribution in [1.29, 1.82) is 0 Å². The predicted molar refractivity (Wildman–Crippen MR) is 107 cm³/mol. The van der Waals surface area contributed by atoms with Crippen LogP contribution in [0, 0.1) is 13.8 Å². The number of hydrogen-bond donors (Lipinski definition) is 0. The van der Waals surface area contributed by atoms with Gasteiger partial charge in [0.25, 0.3) is 0 Å². The third kappa shape index (κ3) is 5.23. The Balaban J connectivity index is 2.02. The zero-order valence-electron chi connectivity index (χ0n) is 17.4. The first-order chi connectivity index (χ1) is 13.2. The van der Waals surface area contributed by atoms with Gasteiger partial charge in [-0.05, 0) is 65.0 Å². The van der Waals surface area contributed by atoms with E-state index in [9.17, 15) is 9.59 Å². The van der Waals surface area contributed by atoms with Gasteiger partial charge in [0.15, 0.2) is 6.61 Å². The molecule has 28 heavy (non-hydrogen) atoms. The predicted octanol–water partition coefficient (Wildman–Crippen LogP) is 4.14. The highest BCUT2D eigenvalue weighted by atomic mass is 16.5. The zero-order chi connectivity index (χ0) is 20.8. The number of aromatic nitrogens is 1. The molecule has 0 saturated heterocycles. The van der Waals surface area contributed by atoms with Crippen molar-refractivity contribution >= 4 is 11.8 Å². The van der Waals surface area contributed by atoms with Gasteiger partial charge < -0.3 is 18.8 Å². The first-order valence-electron chi connectivity index (χ1n) is 9.39. The van der Waals surface area contributed by atoms with E-state index in [1.165, 1.54) is 0 Å². The van der Waals surface area contributed by atoms with Crippen LogP contribution in [0.15, 0.2) is 30.3 Å². The largest absolute Gasteiger partial charge is 0.491 e. The van der Waals surface area contributed by atoms with E-state index in [0.29, 0.717) is 23.5 Å². The first-order valence-corrected chi connectivity index (χ1v) is 9.39. The minimum absolute atomic E-state index is 0.0565. The number of rotatable bonds is 9. The molecular weight excluding hydrogens is 358 g/mol. The molecule has 0 unspecified atom stereocenters. The number of ether oxygens (including phenoxy) is 3. The summed E-state index contributed by atoms with van der Waals surface area (Å²) in [5, 5.41) is 0. The summed E-state index contributed by atoms with van der Waals surface area (Å²) >= 11 is 0. The molecule has 2 aromatic rings. The molecule has 0 amide bonds. The Labute approximate surface area is 166 Å². The van der Waals surface area contributed by atoms with E-state index >= 15 is 0 Å². The molecule has 0 aliphatic rings. The van der Waals surface area contributed by atoms with Gasteiger partial charge in [0, 0.05) is 24.1 Å². The number of aryl methyl sites for hydroxylation is 1. The van der Waals surface area contributed by atoms with Crippen molar-refractivity contribution in [1.82, 2.24) is 4.57 Å². The van der Waals surface area contributed by atoms with Crippen molar-refractivity contribution in [2.24, 2.45) is 0 Å². The molecule has 1 aromatic heterocycles. The highest BCUT2D eigenvalue weighted by Crippen LogP contribution is 2.21. The van der Waals surface area contributed by atoms with Crippen molar-refractivity contribution in [3.05, 3.63) is 52.8 Å². The van der Waals surface area contributed by atoms with Crippen LogP contribution >= 0.6 is 0 Å². The van der Waals surface area contributed by atoms with Crippen LogP contribution in [0.2, 0.25) is 0 Å². The number of carbonyl (C=O) groups excluding carboxylic acids is 2. The van der Waals surface area contributed by atoms with E-state index in [2.05, 4.69) is 4.57 Å². The summed E-state index contributed by atoms with van der Waals surface area (Å²) in [5.41, 5.74) is 2.76. The van der Waals surface area contributed by atoms with Crippen molar-refractivity contribution in [3.63, 3.8) is 0 Å². The highest BCUT2D eigenvalue weighted by molar-refractivity contribution is 6.00. The van der Waals surface area contributed by atoms with Crippen LogP contribution in [0.1, 0.15) is 58.9 Å². The van der Waals surface area contributed by atoms with Crippen LogP contribution in [0.25, 0.3) is 0 Å². The number of benzene rings is 1. The third-order valence-corrected chi connectivity index (χ3v) is 4.43. The van der Waals surface area contributed by atoms with Gasteiger partial charge in [-0.1, -0.05) is 0 Å². The SMILES string of the molecule is COC[C@@H](C)n1c(C)cc(C(=O)COC(=O)c2ccc(OC(C)C)cc2)c1C. The second kappa shape index (κ2) is 9.55. The highest BCUT2D eigenvalue weighted by Gasteiger charge is 2.20. The first kappa shape index (κ1) is 21.7. The lowest BCUT2D eigenvalue weighted by Gasteiger charge is -2.17. The van der Waals surface area contributed by atoms with Gasteiger partial charge >= 0.3 is 5.97 Å². The molecule has 0 bridgehead atoms. The standard InChI is InChI=1S/C22H29NO5/c1-14(2)28-19-9-7-18(8-10-19)22(25)27-13-21(24)20-11-15(3)23(17(20)5)16(4)12-26-6/h7-11,14,16H,12-13H2,1-6H3/t16-/m1/s1. The Bertz CT molecular complexity index is 820. The van der Waals surface area contributed by atoms with Gasteiger partial charge in [-0.3, -0.25) is 4.79 Å². The number of Topliss-reactive ketones (excluding diaryl/α,β-unsaturated/α-hetero) is 1. The molecule has 2 rings (SSSR count). The number of esters is 1. The smallest absolute Gasteiger partial charge is 0.338 e. The number of ketones is 1. The normalized spacial score (nSPS) is 12.1. The zero-order valence-corrected chi connectivity index (χ0v) is 17.4. The van der Waals surface area contributed by atoms with E-state index in [1.807, 2.05) is 40.7 Å². The van der Waals surface area contributed by atoms with Crippen LogP contribution in [0.4, 0.5) is 0 Å². The maximum atomic E-state index is 12.6. The van der Waals surface area contributed by atoms with E-state index in [-0.39, 0.29) is 24.5 Å². The van der Waals surface area contributed by atoms with Gasteiger partial charge in [0.05, 0.1) is 24.3 Å². The lowest BCUT2D eigenvalue weighted by molar-refractivity contribution is 0.0474. The molecule has 0 aliphatic carbocycles. The Morgan fingerprint density at radius 2 is 1.71 bits per heavy atom. The topological polar surface area (TPSA) is 66.8 Å². The van der Waals surface area contributed by atoms with E-state index in [1.54, 1.807) is 31.4 Å². The Hall–Kier alpha value is -2.60. The molecular formula is C22H29NO5. The third-order valence-electron chi connectivity index (χ3n) is 4.43. The number of nitrogens with zero attached hydrogens (tertiary/aromatic N) is 1. The van der Waals surface area contributed by atoms with Gasteiger partial charge in [-0.2, -0.15) is 0 Å². The second-order valence-corrected chi connectivity index (χ2v) is 7.15. The Morgan fingerprint density at radius 1 is 1.07 bits per heavy atom. The van der Waals surface area contributed by atoms with Crippen molar-refractivity contribution in [3.8, 4) is 5.75 Å². The fourth-order valence-corrected chi connectivity index (χ4v) is 3.29. The summed E-state index contributed by atoms with van der Waals surface area (Å²) in [4.78, 5) is 24.8. The van der Waals surface area contributed by atoms with Crippen molar-refractivity contribution in [2.75, 3.05) is 20.3 Å². The van der Waals surface area contributed by atoms with Crippen LogP contribution in [0.3, 0.4) is 0 Å². The molecule has 1 aromatic carbocycles. The molecule has 6 nitrogen and oxygen atoms in total. The van der Waals surface area contributed by atoms with Crippen molar-refractivity contribution < 1.29 is 23.8 Å². The lowest BCUT2D eigenvalue weighted by Crippen LogP contribution is -2.17. The summed E-state index contributed by atoms with van der Waals surface area (Å²) in [6.45, 7) is 9.98. The van der Waals surface area contributed by atoms with Gasteiger partial charge in [-0.15, -0.1) is 0 Å². The minimum atomic E-state index is -0.536. The molecule has 0 fully saturated rings. The molecule has 0 aliphatic heterocycles. The molecule has 1 atom stereocenters. The summed E-state index contributed by atoms with van der Waals surface area (Å²) in [5.74, 6) is -0.0803. The van der Waals surface area contributed by atoms with Crippen LogP contribution in [0.5, 0.6) is 5.75 Å². The van der Waals surface area contributed by atoms with Crippen LogP contribution < -0.4 is 4.74 Å². The van der Waals surface area contributed by atoms with Crippen molar-refractivity contribution in [2.45, 2.75) is 46.8 Å². The second-order valence-electron chi connectivity index (χ2n) is 7.15. The fraction of sp³-hybridized carbons (Fsp3) is 0.455. The molecule has 0 spiro atoms. The van der Waals surface area contributed by atoms with E-state index in [0.717, 1.165) is 11.4 Å². The quantitative estimate of drug-likeness (QED) is 0.478. The Kier molecular flexibility index (Phi) is 7.40. The van der Waals surface area contributed by atoms with Gasteiger partial charge in [-0.25, -0.2) is 4.79 Å². The molecule has 6 heteroatoms. The van der Waals surface area contributed by atoms with Crippen LogP contribution in [-0.2, 0) is 9.47 Å². The van der Waals surface area contributed by atoms with Crippen LogP contribution in [-0.4, -0.2) is 42.7 Å². The molecule has 1 heterocycles. The Morgan fingerprint density at radius 3 is 2.29 bits per heavy atom. The maximum Gasteiger partial charge on any atom is 0.338 e. The summed E-state index contributed by atoms with van der Waals surface area (Å²) in [6, 6.07) is 8.62. The van der Waals surface area contributed by atoms with Gasteiger partial charge in [0.1, 0.15) is 5.75 Å². The number of hydrogen-bond acceptors (Lipinski definition) is 5. The number of methoxy groups -OCH3 is 1. The van der Waals surface area contributed by atoms with Gasteiger partial charge in [0.2, 0.25) is 5.78 Å². The summed E-state index contributed by atoms with van der Waals surface area (Å²) in [6.07, 6.45) is 0.0565. The molecule has 0 radical (unpaired) electrons. The monoisotopic (exact) mass is 387 g/mol. The maximum absolute atomic E-state index is 12.6. The van der Waals surface area contributed by atoms with E-state index < -0.39 is 5.97 Å². The molecule has 0 N–H and O–H groups in total. The summed E-state index contributed by atoms with van der Waals surface area (Å²) in [7, 11) is 1.65. The molecule has 152 valence electrons. The van der Waals surface area contributed by atoms with E-state index in [4.69, 9.17) is 14.2 Å². The molecule has 0 saturated carbocycles. The average Bonchev–Trinajstić information content (AvgIpc) is 2.94. The number of carbonyl (C=O) groups is 2. The summed E-state index contributed by atoms with van der Waals surface area (Å²) < 4.78 is 18.0. The average molecular weight is 387 g/mol. The lowest BCUT2D eigenvalue weighted by atomic mass is 10.1. The minimum Gasteiger partial charge on any atom is -0.491 e. The fourth-order valence-electron chi connectivity index (χ4n) is 3.29.